The third kappa shape index (κ3) is 3.75. The van der Waals surface area contributed by atoms with Gasteiger partial charge in [-0.2, -0.15) is 0 Å². The zero-order valence-electron chi connectivity index (χ0n) is 12.1. The Bertz CT molecular complexity index is 556. The number of piperazine rings is 1. The molecule has 0 radical (unpaired) electrons. The highest BCUT2D eigenvalue weighted by atomic mass is 32.1. The van der Waals surface area contributed by atoms with E-state index in [0.29, 0.717) is 0 Å². The molecule has 0 N–H and O–H groups in total. The lowest BCUT2D eigenvalue weighted by Gasteiger charge is -2.33. The molecule has 0 saturated carbocycles. The van der Waals surface area contributed by atoms with E-state index in [-0.39, 0.29) is 0 Å². The quantitative estimate of drug-likeness (QED) is 0.748. The van der Waals surface area contributed by atoms with E-state index in [4.69, 9.17) is 0 Å². The molecule has 3 heterocycles. The van der Waals surface area contributed by atoms with Crippen molar-refractivity contribution in [2.45, 2.75) is 13.1 Å². The Labute approximate surface area is 128 Å². The van der Waals surface area contributed by atoms with Crippen molar-refractivity contribution in [3.63, 3.8) is 0 Å². The monoisotopic (exact) mass is 304 g/mol. The van der Waals surface area contributed by atoms with E-state index in [9.17, 15) is 0 Å². The predicted molar refractivity (Wildman–Crippen MR) is 83.2 cm³/mol. The Balaban J connectivity index is 1.56. The van der Waals surface area contributed by atoms with Crippen LogP contribution in [0.2, 0.25) is 0 Å². The smallest absolute Gasteiger partial charge is 0.165 e. The molecular weight excluding hydrogens is 284 g/mol. The number of rotatable bonds is 6. The molecule has 0 amide bonds. The first kappa shape index (κ1) is 14.4. The van der Waals surface area contributed by atoms with Gasteiger partial charge in [-0.1, -0.05) is 12.1 Å². The summed E-state index contributed by atoms with van der Waals surface area (Å²) in [5.41, 5.74) is 0. The molecule has 7 heteroatoms. The van der Waals surface area contributed by atoms with Crippen molar-refractivity contribution in [1.82, 2.24) is 30.0 Å². The van der Waals surface area contributed by atoms with E-state index in [1.807, 2.05) is 10.8 Å². The van der Waals surface area contributed by atoms with Crippen molar-refractivity contribution in [1.29, 1.82) is 0 Å². The molecule has 21 heavy (non-hydrogen) atoms. The number of aromatic nitrogens is 4. The topological polar surface area (TPSA) is 50.1 Å². The van der Waals surface area contributed by atoms with Crippen molar-refractivity contribution in [3.05, 3.63) is 40.9 Å². The average molecular weight is 304 g/mol. The van der Waals surface area contributed by atoms with Crippen LogP contribution < -0.4 is 0 Å². The zero-order valence-corrected chi connectivity index (χ0v) is 12.9. The van der Waals surface area contributed by atoms with Gasteiger partial charge in [0.15, 0.2) is 5.82 Å². The largest absolute Gasteiger partial charge is 0.297 e. The second kappa shape index (κ2) is 6.93. The first-order valence-electron chi connectivity index (χ1n) is 7.18. The molecule has 3 rings (SSSR count). The first-order valence-corrected chi connectivity index (χ1v) is 8.06. The number of thiophene rings is 1. The number of nitrogens with zero attached hydrogens (tertiary/aromatic N) is 6. The highest BCUT2D eigenvalue weighted by Gasteiger charge is 2.18. The van der Waals surface area contributed by atoms with Gasteiger partial charge in [0, 0.05) is 37.6 Å². The summed E-state index contributed by atoms with van der Waals surface area (Å²) in [5.74, 6) is 0.945. The molecule has 112 valence electrons. The molecular formula is C14H20N6S. The fraction of sp³-hybridized carbons (Fsp3) is 0.500. The molecule has 6 nitrogen and oxygen atoms in total. The summed E-state index contributed by atoms with van der Waals surface area (Å²) in [5, 5.41) is 14.2. The molecule has 0 unspecified atom stereocenters. The molecule has 2 aromatic rings. The minimum absolute atomic E-state index is 0.760. The lowest BCUT2D eigenvalue weighted by Crippen LogP contribution is -2.46. The summed E-state index contributed by atoms with van der Waals surface area (Å²) in [7, 11) is 0. The number of hydrogen-bond acceptors (Lipinski definition) is 6. The molecule has 0 aliphatic carbocycles. The Kier molecular flexibility index (Phi) is 4.74. The van der Waals surface area contributed by atoms with Crippen LogP contribution in [0, 0.1) is 0 Å². The van der Waals surface area contributed by atoms with Crippen molar-refractivity contribution < 1.29 is 0 Å². The van der Waals surface area contributed by atoms with E-state index < -0.39 is 0 Å². The molecule has 1 aliphatic heterocycles. The van der Waals surface area contributed by atoms with Gasteiger partial charge < -0.3 is 0 Å². The molecule has 1 saturated heterocycles. The van der Waals surface area contributed by atoms with Gasteiger partial charge in [0.25, 0.3) is 0 Å². The molecule has 1 aliphatic rings. The highest BCUT2D eigenvalue weighted by Crippen LogP contribution is 2.12. The van der Waals surface area contributed by atoms with Crippen LogP contribution in [-0.4, -0.2) is 62.7 Å². The van der Waals surface area contributed by atoms with Crippen molar-refractivity contribution in [3.8, 4) is 0 Å². The second-order valence-corrected chi connectivity index (χ2v) is 6.23. The minimum atomic E-state index is 0.760. The Morgan fingerprint density at radius 3 is 2.71 bits per heavy atom. The van der Waals surface area contributed by atoms with Crippen LogP contribution in [0.4, 0.5) is 0 Å². The summed E-state index contributed by atoms with van der Waals surface area (Å²) in [6.45, 7) is 10.6. The highest BCUT2D eigenvalue weighted by molar-refractivity contribution is 7.09. The molecule has 0 spiro atoms. The molecule has 0 aromatic carbocycles. The van der Waals surface area contributed by atoms with Crippen molar-refractivity contribution >= 4 is 11.3 Å². The van der Waals surface area contributed by atoms with Gasteiger partial charge in [-0.3, -0.25) is 9.80 Å². The number of tetrazole rings is 1. The Morgan fingerprint density at radius 1 is 1.19 bits per heavy atom. The van der Waals surface area contributed by atoms with Gasteiger partial charge in [-0.05, 0) is 21.9 Å². The fourth-order valence-corrected chi connectivity index (χ4v) is 3.21. The van der Waals surface area contributed by atoms with Crippen LogP contribution >= 0.6 is 11.3 Å². The summed E-state index contributed by atoms with van der Waals surface area (Å²) in [6.07, 6.45) is 1.97. The lowest BCUT2D eigenvalue weighted by molar-refractivity contribution is 0.133. The number of hydrogen-bond donors (Lipinski definition) is 0. The Hall–Kier alpha value is -1.57. The fourth-order valence-electron chi connectivity index (χ4n) is 2.52. The first-order chi connectivity index (χ1) is 10.3. The normalized spacial score (nSPS) is 17.1. The molecule has 0 atom stereocenters. The van der Waals surface area contributed by atoms with E-state index in [1.165, 1.54) is 4.88 Å². The van der Waals surface area contributed by atoms with Crippen LogP contribution in [0.3, 0.4) is 0 Å². The third-order valence-electron chi connectivity index (χ3n) is 3.71. The second-order valence-electron chi connectivity index (χ2n) is 5.20. The Morgan fingerprint density at radius 2 is 2.00 bits per heavy atom. The lowest BCUT2D eigenvalue weighted by atomic mass is 10.3. The van der Waals surface area contributed by atoms with E-state index >= 15 is 0 Å². The van der Waals surface area contributed by atoms with Gasteiger partial charge in [0.05, 0.1) is 13.1 Å². The van der Waals surface area contributed by atoms with Crippen LogP contribution in [0.5, 0.6) is 0 Å². The average Bonchev–Trinajstić information content (AvgIpc) is 3.15. The molecule has 2 aromatic heterocycles. The van der Waals surface area contributed by atoms with Gasteiger partial charge in [0.2, 0.25) is 0 Å². The van der Waals surface area contributed by atoms with Crippen LogP contribution in [-0.2, 0) is 13.1 Å². The molecule has 1 fully saturated rings. The van der Waals surface area contributed by atoms with Gasteiger partial charge in [0.1, 0.15) is 0 Å². The van der Waals surface area contributed by atoms with Gasteiger partial charge in [-0.15, -0.1) is 23.0 Å². The van der Waals surface area contributed by atoms with E-state index in [2.05, 4.69) is 49.4 Å². The summed E-state index contributed by atoms with van der Waals surface area (Å²) in [4.78, 5) is 6.10. The predicted octanol–water partition coefficient (Wildman–Crippen LogP) is 1.09. The summed E-state index contributed by atoms with van der Waals surface area (Å²) >= 11 is 1.74. The van der Waals surface area contributed by atoms with Crippen molar-refractivity contribution in [2.24, 2.45) is 0 Å². The van der Waals surface area contributed by atoms with Gasteiger partial charge in [-0.25, -0.2) is 4.68 Å². The SMILES string of the molecule is C=CCN1CCN(Cc2nnnn2Cc2cccs2)CC1. The summed E-state index contributed by atoms with van der Waals surface area (Å²) in [6, 6.07) is 4.17. The maximum absolute atomic E-state index is 4.18. The molecule has 0 bridgehead atoms. The van der Waals surface area contributed by atoms with Crippen LogP contribution in [0.15, 0.2) is 30.2 Å². The van der Waals surface area contributed by atoms with Crippen LogP contribution in [0.1, 0.15) is 10.7 Å². The maximum Gasteiger partial charge on any atom is 0.165 e. The van der Waals surface area contributed by atoms with E-state index in [0.717, 1.165) is 51.6 Å². The van der Waals surface area contributed by atoms with Crippen LogP contribution in [0.25, 0.3) is 0 Å². The minimum Gasteiger partial charge on any atom is -0.297 e. The summed E-state index contributed by atoms with van der Waals surface area (Å²) < 4.78 is 1.90. The van der Waals surface area contributed by atoms with Crippen molar-refractivity contribution in [2.75, 3.05) is 32.7 Å². The van der Waals surface area contributed by atoms with E-state index in [1.54, 1.807) is 11.3 Å². The zero-order chi connectivity index (χ0) is 14.5. The van der Waals surface area contributed by atoms with Gasteiger partial charge >= 0.3 is 0 Å². The third-order valence-corrected chi connectivity index (χ3v) is 4.57. The maximum atomic E-state index is 4.18. The standard InChI is InChI=1S/C14H20N6S/c1-2-5-18-6-8-19(9-7-18)12-14-15-16-17-20(14)11-13-4-3-10-21-13/h2-4,10H,1,5-9,11-12H2.